The summed E-state index contributed by atoms with van der Waals surface area (Å²) in [5.41, 5.74) is 0. The standard InChI is InChI=1S/C18H27ClN2O2/c1-14(18(22)20-16-6-4-3-5-7-16)21(2)12-13-23-17-10-8-15(19)9-11-17/h8-11,14,16H,3-7,12-13H2,1-2H3,(H,20,22)/p+1/t14-/m0/s1. The van der Waals surface area contributed by atoms with Crippen LogP contribution in [0.15, 0.2) is 24.3 Å². The van der Waals surface area contributed by atoms with E-state index >= 15 is 0 Å². The van der Waals surface area contributed by atoms with Crippen molar-refractivity contribution in [3.05, 3.63) is 29.3 Å². The fourth-order valence-corrected chi connectivity index (χ4v) is 3.00. The van der Waals surface area contributed by atoms with Gasteiger partial charge in [0.1, 0.15) is 18.9 Å². The molecule has 0 saturated heterocycles. The number of carbonyl (C=O) groups excluding carboxylic acids is 1. The van der Waals surface area contributed by atoms with E-state index in [1.54, 1.807) is 0 Å². The monoisotopic (exact) mass is 339 g/mol. The molecule has 0 heterocycles. The summed E-state index contributed by atoms with van der Waals surface area (Å²) in [4.78, 5) is 13.5. The number of likely N-dealkylation sites (N-methyl/N-ethyl adjacent to an activating group) is 1. The molecule has 1 aliphatic rings. The summed E-state index contributed by atoms with van der Waals surface area (Å²) in [5.74, 6) is 0.961. The van der Waals surface area contributed by atoms with E-state index in [-0.39, 0.29) is 11.9 Å². The number of ether oxygens (including phenoxy) is 1. The number of nitrogens with one attached hydrogen (secondary N) is 2. The molecule has 2 rings (SSSR count). The molecule has 0 spiro atoms. The van der Waals surface area contributed by atoms with Crippen LogP contribution >= 0.6 is 11.6 Å². The number of hydrogen-bond donors (Lipinski definition) is 2. The summed E-state index contributed by atoms with van der Waals surface area (Å²) in [5, 5.41) is 3.90. The van der Waals surface area contributed by atoms with Crippen molar-refractivity contribution in [3.8, 4) is 5.75 Å². The fourth-order valence-electron chi connectivity index (χ4n) is 2.87. The molecule has 1 fully saturated rings. The number of benzene rings is 1. The second-order valence-electron chi connectivity index (χ2n) is 6.46. The van der Waals surface area contributed by atoms with Gasteiger partial charge in [0.15, 0.2) is 6.04 Å². The van der Waals surface area contributed by atoms with Gasteiger partial charge in [0.05, 0.1) is 7.05 Å². The number of amides is 1. The van der Waals surface area contributed by atoms with Crippen LogP contribution in [0, 0.1) is 0 Å². The second kappa shape index (κ2) is 9.14. The van der Waals surface area contributed by atoms with E-state index in [4.69, 9.17) is 16.3 Å². The first kappa shape index (κ1) is 18.1. The Hall–Kier alpha value is -1.26. The first-order valence-electron chi connectivity index (χ1n) is 8.57. The van der Waals surface area contributed by atoms with E-state index in [9.17, 15) is 4.79 Å². The van der Waals surface area contributed by atoms with E-state index in [0.29, 0.717) is 17.7 Å². The highest BCUT2D eigenvalue weighted by atomic mass is 35.5. The Morgan fingerprint density at radius 1 is 1.30 bits per heavy atom. The second-order valence-corrected chi connectivity index (χ2v) is 6.90. The highest BCUT2D eigenvalue weighted by Gasteiger charge is 2.24. The summed E-state index contributed by atoms with van der Waals surface area (Å²) >= 11 is 5.85. The molecule has 0 aliphatic heterocycles. The maximum atomic E-state index is 12.3. The van der Waals surface area contributed by atoms with Crippen LogP contribution in [-0.2, 0) is 4.79 Å². The molecule has 1 aromatic carbocycles. The Kier molecular flexibility index (Phi) is 7.18. The van der Waals surface area contributed by atoms with Crippen molar-refractivity contribution in [2.45, 2.75) is 51.1 Å². The Balaban J connectivity index is 1.69. The van der Waals surface area contributed by atoms with Gasteiger partial charge in [-0.05, 0) is 44.0 Å². The van der Waals surface area contributed by atoms with Gasteiger partial charge in [0.2, 0.25) is 0 Å². The molecule has 2 N–H and O–H groups in total. The summed E-state index contributed by atoms with van der Waals surface area (Å²) in [6.07, 6.45) is 6.01. The van der Waals surface area contributed by atoms with Crippen molar-refractivity contribution in [1.82, 2.24) is 5.32 Å². The van der Waals surface area contributed by atoms with E-state index in [2.05, 4.69) is 5.32 Å². The molecule has 0 bridgehead atoms. The van der Waals surface area contributed by atoms with Gasteiger partial charge < -0.3 is 15.0 Å². The molecule has 1 aliphatic carbocycles. The molecular formula is C18H28ClN2O2+. The minimum absolute atomic E-state index is 0.0641. The van der Waals surface area contributed by atoms with E-state index < -0.39 is 0 Å². The molecule has 1 amide bonds. The lowest BCUT2D eigenvalue weighted by molar-refractivity contribution is -0.894. The van der Waals surface area contributed by atoms with Crippen LogP contribution in [0.4, 0.5) is 0 Å². The van der Waals surface area contributed by atoms with Gasteiger partial charge in [-0.2, -0.15) is 0 Å². The van der Waals surface area contributed by atoms with E-state index in [0.717, 1.165) is 30.0 Å². The third kappa shape index (κ3) is 6.04. The maximum Gasteiger partial charge on any atom is 0.278 e. The van der Waals surface area contributed by atoms with Crippen LogP contribution in [0.1, 0.15) is 39.0 Å². The van der Waals surface area contributed by atoms with Gasteiger partial charge in [-0.3, -0.25) is 4.79 Å². The quantitative estimate of drug-likeness (QED) is 0.798. The zero-order valence-corrected chi connectivity index (χ0v) is 14.9. The van der Waals surface area contributed by atoms with Gasteiger partial charge in [0.25, 0.3) is 5.91 Å². The predicted octanol–water partition coefficient (Wildman–Crippen LogP) is 2.07. The molecule has 1 aromatic rings. The normalized spacial score (nSPS) is 18.2. The molecule has 23 heavy (non-hydrogen) atoms. The van der Waals surface area contributed by atoms with Crippen LogP contribution < -0.4 is 15.0 Å². The molecule has 4 nitrogen and oxygen atoms in total. The van der Waals surface area contributed by atoms with Crippen LogP contribution in [0.25, 0.3) is 0 Å². The number of halogens is 1. The largest absolute Gasteiger partial charge is 0.488 e. The van der Waals surface area contributed by atoms with Gasteiger partial charge in [0, 0.05) is 11.1 Å². The third-order valence-corrected chi connectivity index (χ3v) is 4.91. The summed E-state index contributed by atoms with van der Waals surface area (Å²) in [6, 6.07) is 7.65. The minimum atomic E-state index is -0.0641. The summed E-state index contributed by atoms with van der Waals surface area (Å²) < 4.78 is 5.70. The van der Waals surface area contributed by atoms with Gasteiger partial charge in [-0.25, -0.2) is 0 Å². The highest BCUT2D eigenvalue weighted by Crippen LogP contribution is 2.17. The smallest absolute Gasteiger partial charge is 0.278 e. The lowest BCUT2D eigenvalue weighted by Crippen LogP contribution is -3.14. The number of carbonyl (C=O) groups is 1. The van der Waals surface area contributed by atoms with Crippen LogP contribution in [0.5, 0.6) is 5.75 Å². The maximum absolute atomic E-state index is 12.3. The van der Waals surface area contributed by atoms with Gasteiger partial charge >= 0.3 is 0 Å². The first-order chi connectivity index (χ1) is 11.1. The Morgan fingerprint density at radius 2 is 1.96 bits per heavy atom. The van der Waals surface area contributed by atoms with Crippen LogP contribution in [0.3, 0.4) is 0 Å². The zero-order valence-electron chi connectivity index (χ0n) is 14.1. The van der Waals surface area contributed by atoms with E-state index in [1.165, 1.54) is 19.3 Å². The van der Waals surface area contributed by atoms with Crippen LogP contribution in [-0.4, -0.2) is 38.2 Å². The SMILES string of the molecule is C[C@@H](C(=O)NC1CCCCC1)[NH+](C)CCOc1ccc(Cl)cc1. The summed E-state index contributed by atoms with van der Waals surface area (Å²) in [6.45, 7) is 3.34. The third-order valence-electron chi connectivity index (χ3n) is 4.66. The minimum Gasteiger partial charge on any atom is -0.488 e. The molecule has 0 radical (unpaired) electrons. The molecule has 128 valence electrons. The first-order valence-corrected chi connectivity index (χ1v) is 8.95. The van der Waals surface area contributed by atoms with Gasteiger partial charge in [-0.15, -0.1) is 0 Å². The molecule has 1 unspecified atom stereocenters. The molecule has 0 aromatic heterocycles. The van der Waals surface area contributed by atoms with Crippen molar-refractivity contribution in [1.29, 1.82) is 0 Å². The highest BCUT2D eigenvalue weighted by molar-refractivity contribution is 6.30. The van der Waals surface area contributed by atoms with Crippen molar-refractivity contribution < 1.29 is 14.4 Å². The average molecular weight is 340 g/mol. The molecule has 2 atom stereocenters. The topological polar surface area (TPSA) is 42.8 Å². The van der Waals surface area contributed by atoms with Gasteiger partial charge in [-0.1, -0.05) is 30.9 Å². The Morgan fingerprint density at radius 3 is 2.61 bits per heavy atom. The lowest BCUT2D eigenvalue weighted by atomic mass is 9.95. The van der Waals surface area contributed by atoms with Crippen molar-refractivity contribution in [2.75, 3.05) is 20.2 Å². The predicted molar refractivity (Wildman–Crippen MR) is 93.2 cm³/mol. The fraction of sp³-hybridized carbons (Fsp3) is 0.611. The molecule has 5 heteroatoms. The Bertz CT molecular complexity index is 486. The van der Waals surface area contributed by atoms with Crippen molar-refractivity contribution in [3.63, 3.8) is 0 Å². The van der Waals surface area contributed by atoms with Crippen molar-refractivity contribution in [2.24, 2.45) is 0 Å². The average Bonchev–Trinajstić information content (AvgIpc) is 2.56. The molecular weight excluding hydrogens is 312 g/mol. The number of hydrogen-bond acceptors (Lipinski definition) is 2. The lowest BCUT2D eigenvalue weighted by Gasteiger charge is -2.26. The van der Waals surface area contributed by atoms with Crippen molar-refractivity contribution >= 4 is 17.5 Å². The number of quaternary nitrogens is 1. The molecule has 1 saturated carbocycles. The van der Waals surface area contributed by atoms with Crippen LogP contribution in [0.2, 0.25) is 5.02 Å². The summed E-state index contributed by atoms with van der Waals surface area (Å²) in [7, 11) is 2.04. The number of rotatable bonds is 7. The zero-order chi connectivity index (χ0) is 16.7. The van der Waals surface area contributed by atoms with E-state index in [1.807, 2.05) is 38.2 Å². The Labute approximate surface area is 144 Å².